The molecule has 1 amide bonds. The first kappa shape index (κ1) is 22.1. The zero-order valence-electron chi connectivity index (χ0n) is 15.7. The number of nitrogens with zero attached hydrogens (tertiary/aromatic N) is 1. The summed E-state index contributed by atoms with van der Waals surface area (Å²) in [7, 11) is 0. The number of thioether (sulfide) groups is 1. The van der Waals surface area contributed by atoms with Gasteiger partial charge in [0.05, 0.1) is 11.3 Å². The first-order chi connectivity index (χ1) is 11.4. The van der Waals surface area contributed by atoms with Crippen molar-refractivity contribution in [3.63, 3.8) is 0 Å². The summed E-state index contributed by atoms with van der Waals surface area (Å²) in [6.45, 7) is 6.04. The van der Waals surface area contributed by atoms with Gasteiger partial charge in [-0.1, -0.05) is 29.8 Å². The fourth-order valence-corrected chi connectivity index (χ4v) is 3.49. The molecule has 0 radical (unpaired) electrons. The number of hydrogen-bond acceptors (Lipinski definition) is 4. The van der Waals surface area contributed by atoms with Crippen LogP contribution in [-0.4, -0.2) is 11.2 Å². The Morgan fingerprint density at radius 2 is 2.00 bits per heavy atom. The van der Waals surface area contributed by atoms with E-state index < -0.39 is 0 Å². The third-order valence-corrected chi connectivity index (χ3v) is 4.79. The number of nitriles is 1. The molecule has 0 saturated carbocycles. The minimum atomic E-state index is -0.223. The number of hydrazine groups is 1. The van der Waals surface area contributed by atoms with Crippen molar-refractivity contribution in [2.75, 3.05) is 5.43 Å². The molecule has 2 rings (SSSR count). The molecule has 2 aromatic carbocycles. The van der Waals surface area contributed by atoms with Gasteiger partial charge in [-0.2, -0.15) is 5.26 Å². The van der Waals surface area contributed by atoms with Crippen LogP contribution in [0.15, 0.2) is 45.8 Å². The Morgan fingerprint density at radius 3 is 2.60 bits per heavy atom. The summed E-state index contributed by atoms with van der Waals surface area (Å²) in [4.78, 5) is 13.2. The first-order valence-corrected chi connectivity index (χ1v) is 9.11. The summed E-state index contributed by atoms with van der Waals surface area (Å²) >= 11 is 5.02. The number of carbonyl (C=O) groups excluding carboxylic acids is 1. The van der Waals surface area contributed by atoms with Gasteiger partial charge in [0, 0.05) is 20.2 Å². The molecule has 25 heavy (non-hydrogen) atoms. The summed E-state index contributed by atoms with van der Waals surface area (Å²) in [5, 5.41) is 9.69. The van der Waals surface area contributed by atoms with Gasteiger partial charge in [0.2, 0.25) is 0 Å². The third kappa shape index (κ3) is 6.36. The molecule has 4 nitrogen and oxygen atoms in total. The van der Waals surface area contributed by atoms with Crippen molar-refractivity contribution in [1.82, 2.24) is 5.43 Å². The fraction of sp³-hybridized carbons (Fsp3) is 0.222. The molecule has 0 heterocycles. The van der Waals surface area contributed by atoms with Crippen LogP contribution in [0, 0.1) is 18.3 Å². The predicted octanol–water partition coefficient (Wildman–Crippen LogP) is 2.00. The molecule has 0 spiro atoms. The summed E-state index contributed by atoms with van der Waals surface area (Å²) in [5.74, 6) is -0.223. The number of hydrogen-bond donors (Lipinski definition) is 2. The van der Waals surface area contributed by atoms with Crippen LogP contribution >= 0.6 is 27.7 Å². The van der Waals surface area contributed by atoms with E-state index in [-0.39, 0.29) is 36.9 Å². The van der Waals surface area contributed by atoms with Gasteiger partial charge in [-0.05, 0) is 48.9 Å². The molecule has 2 aromatic rings. The molecule has 0 atom stereocenters. The van der Waals surface area contributed by atoms with E-state index in [1.54, 1.807) is 23.9 Å². The van der Waals surface area contributed by atoms with Crippen LogP contribution in [-0.2, 0) is 0 Å². The molecule has 2 N–H and O–H groups in total. The van der Waals surface area contributed by atoms with E-state index in [0.29, 0.717) is 22.1 Å². The average Bonchev–Trinajstić information content (AvgIpc) is 2.53. The Kier molecular flexibility index (Phi) is 9.04. The summed E-state index contributed by atoms with van der Waals surface area (Å²) in [6.07, 6.45) is 0. The van der Waals surface area contributed by atoms with Gasteiger partial charge in [0.25, 0.3) is 5.91 Å². The van der Waals surface area contributed by atoms with E-state index >= 15 is 0 Å². The topological polar surface area (TPSA) is 64.9 Å². The average molecular weight is 428 g/mol. The molecule has 7 heteroatoms. The minimum absolute atomic E-state index is 0. The first-order valence-electron chi connectivity index (χ1n) is 7.44. The van der Waals surface area contributed by atoms with E-state index in [1.165, 1.54) is 0 Å². The summed E-state index contributed by atoms with van der Waals surface area (Å²) < 4.78 is 0.932. The Morgan fingerprint density at radius 1 is 1.28 bits per heavy atom. The number of nitrogens with one attached hydrogen (secondary N) is 2. The molecule has 126 valence electrons. The van der Waals surface area contributed by atoms with E-state index in [0.717, 1.165) is 14.9 Å². The van der Waals surface area contributed by atoms with Crippen LogP contribution in [0.25, 0.3) is 0 Å². The molecule has 0 fully saturated rings. The van der Waals surface area contributed by atoms with Crippen molar-refractivity contribution in [1.29, 1.82) is 5.26 Å². The standard InChI is InChI=1S/C18H18BrN3OS.Na.H/c1-11(2)24-17-7-5-15(9-13(17)10-20)21-22-18(23)16-6-4-14(19)8-12(16)3;;/h4-9,11,21H,1-3H3,(H,22,23);;/q;+1;-1. The van der Waals surface area contributed by atoms with Crippen molar-refractivity contribution in [2.24, 2.45) is 0 Å². The second-order valence-electron chi connectivity index (χ2n) is 5.53. The maximum absolute atomic E-state index is 12.3. The fourth-order valence-electron chi connectivity index (χ4n) is 2.13. The van der Waals surface area contributed by atoms with Gasteiger partial charge in [-0.25, -0.2) is 0 Å². The maximum atomic E-state index is 12.3. The van der Waals surface area contributed by atoms with Crippen molar-refractivity contribution in [2.45, 2.75) is 30.9 Å². The van der Waals surface area contributed by atoms with E-state index in [4.69, 9.17) is 0 Å². The normalized spacial score (nSPS) is 9.92. The van der Waals surface area contributed by atoms with Gasteiger partial charge in [0.15, 0.2) is 0 Å². The second kappa shape index (κ2) is 10.2. The van der Waals surface area contributed by atoms with Gasteiger partial charge < -0.3 is 1.43 Å². The Hall–Kier alpha value is -0.970. The minimum Gasteiger partial charge on any atom is -1.00 e. The largest absolute Gasteiger partial charge is 1.00 e. The van der Waals surface area contributed by atoms with Gasteiger partial charge in [0.1, 0.15) is 6.07 Å². The summed E-state index contributed by atoms with van der Waals surface area (Å²) in [5.41, 5.74) is 8.27. The molecular formula is C18H19BrN3NaOS. The number of anilines is 1. The monoisotopic (exact) mass is 427 g/mol. The maximum Gasteiger partial charge on any atom is 1.00 e. The van der Waals surface area contributed by atoms with Crippen molar-refractivity contribution in [3.05, 3.63) is 57.6 Å². The second-order valence-corrected chi connectivity index (χ2v) is 8.06. The third-order valence-electron chi connectivity index (χ3n) is 3.22. The summed E-state index contributed by atoms with van der Waals surface area (Å²) in [6, 6.07) is 13.2. The molecule has 0 aliphatic rings. The van der Waals surface area contributed by atoms with E-state index in [2.05, 4.69) is 46.7 Å². The smallest absolute Gasteiger partial charge is 1.00 e. The van der Waals surface area contributed by atoms with Gasteiger partial charge >= 0.3 is 29.6 Å². The quantitative estimate of drug-likeness (QED) is 0.435. The molecule has 0 aromatic heterocycles. The zero-order valence-corrected chi connectivity index (χ0v) is 19.1. The van der Waals surface area contributed by atoms with Crippen molar-refractivity contribution < 1.29 is 35.8 Å². The predicted molar refractivity (Wildman–Crippen MR) is 103 cm³/mol. The Labute approximate surface area is 184 Å². The molecule has 0 unspecified atom stereocenters. The van der Waals surface area contributed by atoms with Crippen molar-refractivity contribution in [3.8, 4) is 6.07 Å². The zero-order chi connectivity index (χ0) is 17.7. The molecule has 0 aliphatic carbocycles. The van der Waals surface area contributed by atoms with Gasteiger partial charge in [-0.15, -0.1) is 11.8 Å². The van der Waals surface area contributed by atoms with Crippen LogP contribution in [0.3, 0.4) is 0 Å². The molecule has 0 bridgehead atoms. The van der Waals surface area contributed by atoms with Crippen LogP contribution in [0.4, 0.5) is 5.69 Å². The number of rotatable bonds is 5. The molecular weight excluding hydrogens is 409 g/mol. The molecule has 0 aliphatic heterocycles. The molecule has 0 saturated heterocycles. The van der Waals surface area contributed by atoms with Crippen LogP contribution < -0.4 is 40.4 Å². The van der Waals surface area contributed by atoms with Crippen LogP contribution in [0.1, 0.15) is 36.8 Å². The van der Waals surface area contributed by atoms with Gasteiger partial charge in [-0.3, -0.25) is 15.6 Å². The number of halogens is 1. The Balaban J connectivity index is 0.00000312. The number of aryl methyl sites for hydroxylation is 1. The van der Waals surface area contributed by atoms with E-state index in [9.17, 15) is 10.1 Å². The van der Waals surface area contributed by atoms with Crippen LogP contribution in [0.2, 0.25) is 0 Å². The Bertz CT molecular complexity index is 812. The number of benzene rings is 2. The van der Waals surface area contributed by atoms with E-state index in [1.807, 2.05) is 31.2 Å². The van der Waals surface area contributed by atoms with Crippen LogP contribution in [0.5, 0.6) is 0 Å². The number of amides is 1. The number of carbonyl (C=O) groups is 1. The SMILES string of the molecule is Cc1cc(Br)ccc1C(=O)NNc1ccc(SC(C)C)c(C#N)c1.[H-].[Na+]. The van der Waals surface area contributed by atoms with Crippen molar-refractivity contribution >= 4 is 39.3 Å².